The fourth-order valence-electron chi connectivity index (χ4n) is 3.44. The fraction of sp³-hybridized carbons (Fsp3) is 0.148. The van der Waals surface area contributed by atoms with E-state index in [0.29, 0.717) is 15.8 Å². The monoisotopic (exact) mass is 488 g/mol. The van der Waals surface area contributed by atoms with Gasteiger partial charge in [-0.3, -0.25) is 14.5 Å². The molecule has 1 heterocycles. The number of thioether (sulfide) groups is 1. The molecule has 172 valence electrons. The van der Waals surface area contributed by atoms with Crippen molar-refractivity contribution >= 4 is 51.9 Å². The molecule has 1 fully saturated rings. The van der Waals surface area contributed by atoms with Gasteiger partial charge < -0.3 is 10.1 Å². The average molecular weight is 489 g/mol. The van der Waals surface area contributed by atoms with E-state index in [1.165, 1.54) is 16.7 Å². The highest BCUT2D eigenvalue weighted by molar-refractivity contribution is 8.26. The molecule has 34 heavy (non-hydrogen) atoms. The molecule has 0 spiro atoms. The Morgan fingerprint density at radius 1 is 1.06 bits per heavy atom. The van der Waals surface area contributed by atoms with Gasteiger partial charge in [0.05, 0.1) is 4.91 Å². The molecule has 0 saturated carbocycles. The molecule has 0 aliphatic carbocycles. The van der Waals surface area contributed by atoms with Crippen LogP contribution in [-0.4, -0.2) is 27.6 Å². The minimum Gasteiger partial charge on any atom is -0.489 e. The van der Waals surface area contributed by atoms with Crippen LogP contribution in [0.5, 0.6) is 5.75 Å². The molecule has 3 aromatic rings. The van der Waals surface area contributed by atoms with E-state index in [1.54, 1.807) is 0 Å². The first kappa shape index (κ1) is 23.7. The van der Waals surface area contributed by atoms with E-state index >= 15 is 0 Å². The zero-order valence-electron chi connectivity index (χ0n) is 18.7. The molecule has 0 radical (unpaired) electrons. The van der Waals surface area contributed by atoms with Crippen LogP contribution in [0.25, 0.3) is 6.08 Å². The lowest BCUT2D eigenvalue weighted by molar-refractivity contribution is -0.122. The Bertz CT molecular complexity index is 1240. The minimum absolute atomic E-state index is 0.160. The van der Waals surface area contributed by atoms with E-state index in [4.69, 9.17) is 17.0 Å². The molecule has 1 aliphatic heterocycles. The second kappa shape index (κ2) is 11.1. The summed E-state index contributed by atoms with van der Waals surface area (Å²) in [5.41, 5.74) is 3.74. The molecule has 7 heteroatoms. The van der Waals surface area contributed by atoms with Crippen molar-refractivity contribution in [2.75, 3.05) is 11.9 Å². The number of benzene rings is 3. The van der Waals surface area contributed by atoms with Crippen molar-refractivity contribution < 1.29 is 14.3 Å². The third kappa shape index (κ3) is 6.34. The van der Waals surface area contributed by atoms with Crippen molar-refractivity contribution in [1.82, 2.24) is 4.90 Å². The summed E-state index contributed by atoms with van der Waals surface area (Å²) in [6, 6.07) is 25.1. The third-order valence-electron chi connectivity index (χ3n) is 5.14. The van der Waals surface area contributed by atoms with Crippen molar-refractivity contribution in [1.29, 1.82) is 0 Å². The van der Waals surface area contributed by atoms with E-state index in [-0.39, 0.29) is 24.8 Å². The highest BCUT2D eigenvalue weighted by atomic mass is 32.2. The van der Waals surface area contributed by atoms with E-state index in [1.807, 2.05) is 91.9 Å². The van der Waals surface area contributed by atoms with Crippen LogP contribution in [0, 0.1) is 6.92 Å². The van der Waals surface area contributed by atoms with Crippen molar-refractivity contribution in [2.24, 2.45) is 0 Å². The van der Waals surface area contributed by atoms with Gasteiger partial charge in [0.15, 0.2) is 0 Å². The van der Waals surface area contributed by atoms with E-state index in [9.17, 15) is 9.59 Å². The van der Waals surface area contributed by atoms with E-state index in [0.717, 1.165) is 28.1 Å². The predicted molar refractivity (Wildman–Crippen MR) is 142 cm³/mol. The quantitative estimate of drug-likeness (QED) is 0.321. The minimum atomic E-state index is -0.186. The summed E-state index contributed by atoms with van der Waals surface area (Å²) in [4.78, 5) is 27.3. The van der Waals surface area contributed by atoms with Crippen molar-refractivity contribution in [3.05, 3.63) is 100 Å². The smallest absolute Gasteiger partial charge is 0.266 e. The van der Waals surface area contributed by atoms with Crippen LogP contribution in [0.2, 0.25) is 0 Å². The summed E-state index contributed by atoms with van der Waals surface area (Å²) in [5, 5.41) is 2.86. The number of hydrogen-bond donors (Lipinski definition) is 1. The first-order valence-electron chi connectivity index (χ1n) is 10.9. The summed E-state index contributed by atoms with van der Waals surface area (Å²) in [7, 11) is 0. The second-order valence-electron chi connectivity index (χ2n) is 7.85. The van der Waals surface area contributed by atoms with Crippen molar-refractivity contribution in [2.45, 2.75) is 20.0 Å². The van der Waals surface area contributed by atoms with Gasteiger partial charge >= 0.3 is 0 Å². The number of rotatable bonds is 8. The standard InChI is InChI=1S/C27H24N2O3S2/c1-19-7-5-11-22(15-19)28-25(30)13-14-29-26(31)24(34-27(29)33)17-21-10-6-12-23(16-21)32-18-20-8-3-2-4-9-20/h2-12,15-17H,13-14,18H2,1H3,(H,28,30)/b24-17-. The number of aryl methyl sites for hydroxylation is 1. The Balaban J connectivity index is 1.35. The molecule has 1 N–H and O–H groups in total. The van der Waals surface area contributed by atoms with Gasteiger partial charge in [-0.25, -0.2) is 0 Å². The molecule has 0 bridgehead atoms. The van der Waals surface area contributed by atoms with Crippen LogP contribution in [-0.2, 0) is 16.2 Å². The average Bonchev–Trinajstić information content (AvgIpc) is 3.09. The van der Waals surface area contributed by atoms with Crippen LogP contribution >= 0.6 is 24.0 Å². The maximum atomic E-state index is 12.9. The topological polar surface area (TPSA) is 58.6 Å². The maximum absolute atomic E-state index is 12.9. The van der Waals surface area contributed by atoms with Gasteiger partial charge in [0.2, 0.25) is 5.91 Å². The molecule has 1 saturated heterocycles. The van der Waals surface area contributed by atoms with Gasteiger partial charge in [-0.05, 0) is 54.0 Å². The van der Waals surface area contributed by atoms with Gasteiger partial charge in [-0.15, -0.1) is 0 Å². The number of ether oxygens (including phenoxy) is 1. The lowest BCUT2D eigenvalue weighted by atomic mass is 10.2. The molecular formula is C27H24N2O3S2. The molecule has 0 atom stereocenters. The first-order chi connectivity index (χ1) is 16.5. The fourth-order valence-corrected chi connectivity index (χ4v) is 4.75. The van der Waals surface area contributed by atoms with E-state index < -0.39 is 0 Å². The van der Waals surface area contributed by atoms with Gasteiger partial charge in [-0.1, -0.05) is 78.6 Å². The SMILES string of the molecule is Cc1cccc(NC(=O)CCN2C(=O)/C(=C/c3cccc(OCc4ccccc4)c3)SC2=S)c1. The Morgan fingerprint density at radius 3 is 2.65 bits per heavy atom. The lowest BCUT2D eigenvalue weighted by Gasteiger charge is -2.14. The Labute approximate surface area is 208 Å². The molecule has 0 aromatic heterocycles. The third-order valence-corrected chi connectivity index (χ3v) is 6.52. The highest BCUT2D eigenvalue weighted by Crippen LogP contribution is 2.33. The molecule has 4 rings (SSSR count). The molecular weight excluding hydrogens is 464 g/mol. The zero-order valence-corrected chi connectivity index (χ0v) is 20.3. The molecule has 5 nitrogen and oxygen atoms in total. The van der Waals surface area contributed by atoms with Gasteiger partial charge in [-0.2, -0.15) is 0 Å². The Morgan fingerprint density at radius 2 is 1.85 bits per heavy atom. The molecule has 3 aromatic carbocycles. The lowest BCUT2D eigenvalue weighted by Crippen LogP contribution is -2.31. The largest absolute Gasteiger partial charge is 0.489 e. The number of hydrogen-bond acceptors (Lipinski definition) is 5. The summed E-state index contributed by atoms with van der Waals surface area (Å²) in [6.07, 6.45) is 1.97. The van der Waals surface area contributed by atoms with Crippen LogP contribution in [0.15, 0.2) is 83.8 Å². The second-order valence-corrected chi connectivity index (χ2v) is 9.52. The number of thiocarbonyl (C=S) groups is 1. The maximum Gasteiger partial charge on any atom is 0.266 e. The van der Waals surface area contributed by atoms with Crippen LogP contribution < -0.4 is 10.1 Å². The summed E-state index contributed by atoms with van der Waals surface area (Å²) >= 11 is 6.65. The normalized spacial score (nSPS) is 14.5. The Hall–Kier alpha value is -3.42. The molecule has 1 aliphatic rings. The van der Waals surface area contributed by atoms with E-state index in [2.05, 4.69) is 5.32 Å². The number of carbonyl (C=O) groups is 2. The zero-order chi connectivity index (χ0) is 23.9. The number of carbonyl (C=O) groups excluding carboxylic acids is 2. The van der Waals surface area contributed by atoms with Crippen LogP contribution in [0.4, 0.5) is 5.69 Å². The van der Waals surface area contributed by atoms with Crippen molar-refractivity contribution in [3.63, 3.8) is 0 Å². The van der Waals surface area contributed by atoms with Crippen LogP contribution in [0.3, 0.4) is 0 Å². The summed E-state index contributed by atoms with van der Waals surface area (Å²) in [5.74, 6) is 0.377. The summed E-state index contributed by atoms with van der Waals surface area (Å²) < 4.78 is 6.34. The number of nitrogens with one attached hydrogen (secondary N) is 1. The van der Waals surface area contributed by atoms with Gasteiger partial charge in [0.25, 0.3) is 5.91 Å². The van der Waals surface area contributed by atoms with Gasteiger partial charge in [0.1, 0.15) is 16.7 Å². The van der Waals surface area contributed by atoms with Gasteiger partial charge in [0, 0.05) is 18.7 Å². The number of anilines is 1. The van der Waals surface area contributed by atoms with Crippen LogP contribution in [0.1, 0.15) is 23.1 Å². The molecule has 0 unspecified atom stereocenters. The first-order valence-corrected chi connectivity index (χ1v) is 12.1. The highest BCUT2D eigenvalue weighted by Gasteiger charge is 2.32. The summed E-state index contributed by atoms with van der Waals surface area (Å²) in [6.45, 7) is 2.67. The number of nitrogens with zero attached hydrogens (tertiary/aromatic N) is 1. The number of amides is 2. The Kier molecular flexibility index (Phi) is 7.77. The predicted octanol–water partition coefficient (Wildman–Crippen LogP) is 5.80. The molecule has 2 amide bonds. The van der Waals surface area contributed by atoms with Crippen molar-refractivity contribution in [3.8, 4) is 5.75 Å².